The quantitative estimate of drug-likeness (QED) is 0.811. The van der Waals surface area contributed by atoms with Crippen LogP contribution in [0, 0.1) is 0 Å². The number of aromatic nitrogens is 2. The third kappa shape index (κ3) is 3.12. The second-order valence-electron chi connectivity index (χ2n) is 5.78. The minimum absolute atomic E-state index is 0.00100. The topological polar surface area (TPSA) is 104 Å². The Kier molecular flexibility index (Phi) is 4.56. The van der Waals surface area contributed by atoms with E-state index in [1.54, 1.807) is 13.8 Å². The molecule has 8 nitrogen and oxygen atoms in total. The maximum Gasteiger partial charge on any atom is 0.344 e. The van der Waals surface area contributed by atoms with E-state index in [1.807, 2.05) is 13.8 Å². The van der Waals surface area contributed by atoms with Gasteiger partial charge in [0.2, 0.25) is 0 Å². The molecule has 0 radical (unpaired) electrons. The summed E-state index contributed by atoms with van der Waals surface area (Å²) in [6, 6.07) is -0.693. The summed E-state index contributed by atoms with van der Waals surface area (Å²) in [5.74, 6) is -0.843. The molecule has 0 saturated carbocycles. The summed E-state index contributed by atoms with van der Waals surface area (Å²) in [6.07, 6.45) is 1.72. The number of hydrogen-bond acceptors (Lipinski definition) is 5. The number of nitrogens with zero attached hydrogens (tertiary/aromatic N) is 3. The van der Waals surface area contributed by atoms with E-state index in [9.17, 15) is 14.4 Å². The molecular formula is C14H18ClN5O3. The Hall–Kier alpha value is -2.22. The van der Waals surface area contributed by atoms with Gasteiger partial charge in [0.25, 0.3) is 11.8 Å². The van der Waals surface area contributed by atoms with Crippen LogP contribution in [0.4, 0.5) is 4.79 Å². The monoisotopic (exact) mass is 339 g/mol. The molecule has 1 saturated heterocycles. The van der Waals surface area contributed by atoms with E-state index in [4.69, 9.17) is 11.6 Å². The molecule has 1 aliphatic rings. The van der Waals surface area contributed by atoms with Gasteiger partial charge >= 0.3 is 6.03 Å². The molecule has 1 aromatic rings. The minimum atomic E-state index is -1.04. The number of urea groups is 1. The van der Waals surface area contributed by atoms with Crippen molar-refractivity contribution in [3.05, 3.63) is 22.7 Å². The average Bonchev–Trinajstić information content (AvgIpc) is 2.71. The largest absolute Gasteiger partial charge is 0.344 e. The number of hydrazine groups is 1. The zero-order valence-electron chi connectivity index (χ0n) is 13.3. The van der Waals surface area contributed by atoms with Crippen LogP contribution in [0.2, 0.25) is 5.02 Å². The Balaban J connectivity index is 2.25. The molecule has 23 heavy (non-hydrogen) atoms. The maximum atomic E-state index is 12.3. The van der Waals surface area contributed by atoms with Gasteiger partial charge in [-0.3, -0.25) is 15.0 Å². The summed E-state index contributed by atoms with van der Waals surface area (Å²) in [5.41, 5.74) is 1.12. The number of carbonyl (C=O) groups excluding carboxylic acids is 3. The minimum Gasteiger partial charge on any atom is -0.322 e. The van der Waals surface area contributed by atoms with Gasteiger partial charge in [0.1, 0.15) is 11.4 Å². The van der Waals surface area contributed by atoms with Crippen molar-refractivity contribution in [1.29, 1.82) is 0 Å². The van der Waals surface area contributed by atoms with Gasteiger partial charge in [-0.25, -0.2) is 14.8 Å². The first-order chi connectivity index (χ1) is 10.7. The highest BCUT2D eigenvalue weighted by Gasteiger charge is 2.47. The van der Waals surface area contributed by atoms with E-state index in [1.165, 1.54) is 6.20 Å². The van der Waals surface area contributed by atoms with Crippen molar-refractivity contribution >= 4 is 29.4 Å². The standard InChI is InChI=1S/C14H18ClN5O3/c1-5-14(4)12(22)20(13(23)18-14)19-11(21)9-8(15)6-16-10(17-9)7(2)3/h6-7H,5H2,1-4H3,(H,18,23)(H,19,21). The van der Waals surface area contributed by atoms with Gasteiger partial charge in [-0.2, -0.15) is 5.01 Å². The highest BCUT2D eigenvalue weighted by atomic mass is 35.5. The Morgan fingerprint density at radius 1 is 1.48 bits per heavy atom. The highest BCUT2D eigenvalue weighted by molar-refractivity contribution is 6.33. The lowest BCUT2D eigenvalue weighted by Crippen LogP contribution is -2.48. The number of halogens is 1. The predicted molar refractivity (Wildman–Crippen MR) is 82.7 cm³/mol. The van der Waals surface area contributed by atoms with Crippen LogP contribution in [0.1, 0.15) is 56.3 Å². The lowest BCUT2D eigenvalue weighted by atomic mass is 10.00. The average molecular weight is 340 g/mol. The van der Waals surface area contributed by atoms with Crippen molar-refractivity contribution in [3.63, 3.8) is 0 Å². The normalized spacial score (nSPS) is 20.9. The molecule has 1 atom stereocenters. The summed E-state index contributed by atoms with van der Waals surface area (Å²) in [7, 11) is 0. The van der Waals surface area contributed by atoms with E-state index >= 15 is 0 Å². The second-order valence-corrected chi connectivity index (χ2v) is 6.18. The molecule has 1 unspecified atom stereocenters. The fraction of sp³-hybridized carbons (Fsp3) is 0.500. The van der Waals surface area contributed by atoms with Crippen LogP contribution in [0.5, 0.6) is 0 Å². The maximum absolute atomic E-state index is 12.3. The van der Waals surface area contributed by atoms with E-state index < -0.39 is 23.4 Å². The van der Waals surface area contributed by atoms with E-state index in [2.05, 4.69) is 20.7 Å². The third-order valence-electron chi connectivity index (χ3n) is 3.68. The van der Waals surface area contributed by atoms with Gasteiger partial charge in [-0.05, 0) is 13.3 Å². The third-order valence-corrected chi connectivity index (χ3v) is 3.95. The van der Waals surface area contributed by atoms with Crippen molar-refractivity contribution in [1.82, 2.24) is 25.7 Å². The molecule has 0 spiro atoms. The van der Waals surface area contributed by atoms with Gasteiger partial charge in [-0.15, -0.1) is 0 Å². The summed E-state index contributed by atoms with van der Waals surface area (Å²) < 4.78 is 0. The molecule has 2 N–H and O–H groups in total. The SMILES string of the molecule is CCC1(C)NC(=O)N(NC(=O)c2nc(C(C)C)ncc2Cl)C1=O. The van der Waals surface area contributed by atoms with Crippen LogP contribution in [0.25, 0.3) is 0 Å². The molecule has 2 heterocycles. The van der Waals surface area contributed by atoms with E-state index in [0.717, 1.165) is 0 Å². The molecule has 1 fully saturated rings. The number of rotatable bonds is 4. The van der Waals surface area contributed by atoms with Crippen molar-refractivity contribution in [3.8, 4) is 0 Å². The van der Waals surface area contributed by atoms with Crippen molar-refractivity contribution in [2.75, 3.05) is 0 Å². The molecule has 9 heteroatoms. The molecule has 0 aromatic carbocycles. The van der Waals surface area contributed by atoms with E-state index in [-0.39, 0.29) is 16.6 Å². The molecule has 124 valence electrons. The van der Waals surface area contributed by atoms with Crippen LogP contribution in [0.3, 0.4) is 0 Å². The fourth-order valence-corrected chi connectivity index (χ4v) is 2.18. The first-order valence-corrected chi connectivity index (χ1v) is 7.57. The van der Waals surface area contributed by atoms with Gasteiger partial charge in [0, 0.05) is 5.92 Å². The number of carbonyl (C=O) groups is 3. The second kappa shape index (κ2) is 6.11. The van der Waals surface area contributed by atoms with Crippen molar-refractivity contribution in [2.24, 2.45) is 0 Å². The number of amides is 4. The van der Waals surface area contributed by atoms with Crippen LogP contribution in [0.15, 0.2) is 6.20 Å². The van der Waals surface area contributed by atoms with Crippen molar-refractivity contribution in [2.45, 2.75) is 45.6 Å². The molecular weight excluding hydrogens is 322 g/mol. The zero-order valence-corrected chi connectivity index (χ0v) is 14.1. The highest BCUT2D eigenvalue weighted by Crippen LogP contribution is 2.20. The molecule has 0 aliphatic carbocycles. The molecule has 2 rings (SSSR count). The van der Waals surface area contributed by atoms with Crippen LogP contribution < -0.4 is 10.7 Å². The smallest absolute Gasteiger partial charge is 0.322 e. The molecule has 1 aromatic heterocycles. The summed E-state index contributed by atoms with van der Waals surface area (Å²) in [5, 5.41) is 3.23. The Morgan fingerprint density at radius 2 is 2.13 bits per heavy atom. The van der Waals surface area contributed by atoms with Crippen LogP contribution in [-0.2, 0) is 4.79 Å². The lowest BCUT2D eigenvalue weighted by Gasteiger charge is -2.19. The summed E-state index contributed by atoms with van der Waals surface area (Å²) in [4.78, 5) is 44.6. The van der Waals surface area contributed by atoms with Gasteiger partial charge in [0.05, 0.1) is 11.2 Å². The number of nitrogens with one attached hydrogen (secondary N) is 2. The zero-order chi connectivity index (χ0) is 17.4. The summed E-state index contributed by atoms with van der Waals surface area (Å²) >= 11 is 5.95. The van der Waals surface area contributed by atoms with Gasteiger partial charge in [0.15, 0.2) is 5.69 Å². The molecule has 1 aliphatic heterocycles. The Bertz CT molecular complexity index is 678. The van der Waals surface area contributed by atoms with Crippen LogP contribution in [-0.4, -0.2) is 38.4 Å². The predicted octanol–water partition coefficient (Wildman–Crippen LogP) is 1.62. The molecule has 0 bridgehead atoms. The Morgan fingerprint density at radius 3 is 2.65 bits per heavy atom. The van der Waals surface area contributed by atoms with E-state index in [0.29, 0.717) is 17.3 Å². The van der Waals surface area contributed by atoms with Gasteiger partial charge < -0.3 is 5.32 Å². The number of hydrogen-bond donors (Lipinski definition) is 2. The lowest BCUT2D eigenvalue weighted by molar-refractivity contribution is -0.132. The number of imide groups is 1. The van der Waals surface area contributed by atoms with Gasteiger partial charge in [-0.1, -0.05) is 32.4 Å². The van der Waals surface area contributed by atoms with Crippen molar-refractivity contribution < 1.29 is 14.4 Å². The Labute approximate surface area is 138 Å². The first kappa shape index (κ1) is 17.1. The van der Waals surface area contributed by atoms with Crippen LogP contribution >= 0.6 is 11.6 Å². The molecule has 4 amide bonds. The first-order valence-electron chi connectivity index (χ1n) is 7.19. The fourth-order valence-electron chi connectivity index (χ4n) is 2.00. The summed E-state index contributed by atoms with van der Waals surface area (Å²) in [6.45, 7) is 7.09.